The minimum absolute atomic E-state index is 0.297. The van der Waals surface area contributed by atoms with E-state index >= 15 is 0 Å². The third kappa shape index (κ3) is 5.34. The standard InChI is InChI=1S/C24H31ClN4O/c1-20-5-4-6-21(17-20)18-26-9-11-27(12-10-26)19-24(30)29-15-13-28(14-16-29)23-8-3-2-7-22(23)25/h2-8,17H,9-16,18-19H2,1H3/p+2. The van der Waals surface area contributed by atoms with Crippen molar-refractivity contribution in [2.24, 2.45) is 0 Å². The van der Waals surface area contributed by atoms with Crippen LogP contribution in [0.15, 0.2) is 48.5 Å². The van der Waals surface area contributed by atoms with Gasteiger partial charge in [0.05, 0.1) is 10.7 Å². The maximum Gasteiger partial charge on any atom is 0.277 e. The topological polar surface area (TPSA) is 32.4 Å². The molecule has 6 heteroatoms. The molecule has 0 aliphatic carbocycles. The molecule has 2 aromatic rings. The van der Waals surface area contributed by atoms with Crippen LogP contribution in [0.3, 0.4) is 0 Å². The van der Waals surface area contributed by atoms with Gasteiger partial charge in [0.25, 0.3) is 5.91 Å². The van der Waals surface area contributed by atoms with Gasteiger partial charge in [0.15, 0.2) is 6.54 Å². The first kappa shape index (κ1) is 21.2. The van der Waals surface area contributed by atoms with Gasteiger partial charge < -0.3 is 19.6 Å². The summed E-state index contributed by atoms with van der Waals surface area (Å²) in [4.78, 5) is 20.2. The molecule has 0 radical (unpaired) electrons. The van der Waals surface area contributed by atoms with E-state index in [4.69, 9.17) is 11.6 Å². The molecule has 5 nitrogen and oxygen atoms in total. The summed E-state index contributed by atoms with van der Waals surface area (Å²) >= 11 is 6.33. The smallest absolute Gasteiger partial charge is 0.277 e. The number of nitrogens with zero attached hydrogens (tertiary/aromatic N) is 2. The van der Waals surface area contributed by atoms with Crippen molar-refractivity contribution in [3.05, 3.63) is 64.7 Å². The molecule has 0 aromatic heterocycles. The molecule has 2 fully saturated rings. The van der Waals surface area contributed by atoms with Gasteiger partial charge in [-0.2, -0.15) is 0 Å². The quantitative estimate of drug-likeness (QED) is 0.717. The molecule has 0 bridgehead atoms. The van der Waals surface area contributed by atoms with Crippen molar-refractivity contribution in [1.82, 2.24) is 4.90 Å². The highest BCUT2D eigenvalue weighted by molar-refractivity contribution is 6.33. The molecule has 4 rings (SSSR count). The number of rotatable bonds is 5. The van der Waals surface area contributed by atoms with Gasteiger partial charge >= 0.3 is 0 Å². The predicted molar refractivity (Wildman–Crippen MR) is 121 cm³/mol. The van der Waals surface area contributed by atoms with Crippen LogP contribution in [0.4, 0.5) is 5.69 Å². The summed E-state index contributed by atoms with van der Waals surface area (Å²) in [5, 5.41) is 0.785. The number of anilines is 1. The summed E-state index contributed by atoms with van der Waals surface area (Å²) in [7, 11) is 0. The third-order valence-electron chi connectivity index (χ3n) is 6.43. The van der Waals surface area contributed by atoms with Gasteiger partial charge in [0.2, 0.25) is 0 Å². The second kappa shape index (κ2) is 9.82. The van der Waals surface area contributed by atoms with E-state index in [1.807, 2.05) is 23.1 Å². The second-order valence-corrected chi connectivity index (χ2v) is 9.07. The predicted octanol–water partition coefficient (Wildman–Crippen LogP) is 0.281. The van der Waals surface area contributed by atoms with Crippen LogP contribution in [0.2, 0.25) is 5.02 Å². The molecule has 2 aliphatic rings. The van der Waals surface area contributed by atoms with Crippen molar-refractivity contribution < 1.29 is 14.6 Å². The number of quaternary nitrogens is 2. The molecule has 0 unspecified atom stereocenters. The molecule has 30 heavy (non-hydrogen) atoms. The first-order chi connectivity index (χ1) is 14.6. The van der Waals surface area contributed by atoms with Gasteiger partial charge in [-0.15, -0.1) is 0 Å². The summed E-state index contributed by atoms with van der Waals surface area (Å²) < 4.78 is 0. The Morgan fingerprint density at radius 1 is 0.933 bits per heavy atom. The number of benzene rings is 2. The molecule has 2 heterocycles. The van der Waals surface area contributed by atoms with Crippen LogP contribution in [0.1, 0.15) is 11.1 Å². The molecule has 0 atom stereocenters. The summed E-state index contributed by atoms with van der Waals surface area (Å²) in [5.41, 5.74) is 3.82. The van der Waals surface area contributed by atoms with Crippen molar-refractivity contribution in [2.45, 2.75) is 13.5 Å². The van der Waals surface area contributed by atoms with Gasteiger partial charge in [-0.3, -0.25) is 4.79 Å². The Bertz CT molecular complexity index is 858. The lowest BCUT2D eigenvalue weighted by atomic mass is 10.1. The third-order valence-corrected chi connectivity index (χ3v) is 6.75. The molecule has 160 valence electrons. The molecule has 1 amide bonds. The summed E-state index contributed by atoms with van der Waals surface area (Å²) in [6.07, 6.45) is 0. The Hall–Kier alpha value is -2.08. The van der Waals surface area contributed by atoms with E-state index in [0.29, 0.717) is 12.5 Å². The number of para-hydroxylation sites is 1. The fraction of sp³-hybridized carbons (Fsp3) is 0.458. The number of amides is 1. The van der Waals surface area contributed by atoms with Crippen molar-refractivity contribution in [2.75, 3.05) is 63.8 Å². The van der Waals surface area contributed by atoms with Crippen LogP contribution in [-0.2, 0) is 11.3 Å². The lowest BCUT2D eigenvalue weighted by Crippen LogP contribution is -3.28. The Balaban J connectivity index is 1.20. The zero-order valence-electron chi connectivity index (χ0n) is 17.9. The van der Waals surface area contributed by atoms with Crippen molar-refractivity contribution in [3.8, 4) is 0 Å². The average Bonchev–Trinajstić information content (AvgIpc) is 2.76. The molecule has 2 saturated heterocycles. The average molecular weight is 429 g/mol. The zero-order valence-corrected chi connectivity index (χ0v) is 18.6. The number of hydrogen-bond donors (Lipinski definition) is 2. The highest BCUT2D eigenvalue weighted by atomic mass is 35.5. The van der Waals surface area contributed by atoms with E-state index < -0.39 is 0 Å². The van der Waals surface area contributed by atoms with Crippen LogP contribution < -0.4 is 14.7 Å². The molecular formula is C24H33ClN4O+2. The minimum Gasteiger partial charge on any atom is -0.367 e. The van der Waals surface area contributed by atoms with Crippen molar-refractivity contribution in [1.29, 1.82) is 0 Å². The monoisotopic (exact) mass is 428 g/mol. The van der Waals surface area contributed by atoms with Crippen LogP contribution in [0.5, 0.6) is 0 Å². The van der Waals surface area contributed by atoms with Crippen LogP contribution in [0, 0.1) is 6.92 Å². The number of carbonyl (C=O) groups is 1. The highest BCUT2D eigenvalue weighted by Crippen LogP contribution is 2.25. The highest BCUT2D eigenvalue weighted by Gasteiger charge is 2.28. The summed E-state index contributed by atoms with van der Waals surface area (Å²) in [6.45, 7) is 11.5. The van der Waals surface area contributed by atoms with Crippen LogP contribution >= 0.6 is 11.6 Å². The fourth-order valence-electron chi connectivity index (χ4n) is 4.65. The largest absolute Gasteiger partial charge is 0.367 e. The normalized spacial score (nSPS) is 22.2. The molecular weight excluding hydrogens is 396 g/mol. The zero-order chi connectivity index (χ0) is 20.9. The van der Waals surface area contributed by atoms with Gasteiger partial charge in [0, 0.05) is 31.7 Å². The number of nitrogens with one attached hydrogen (secondary N) is 2. The number of piperazine rings is 2. The Kier molecular flexibility index (Phi) is 6.93. The van der Waals surface area contributed by atoms with Crippen molar-refractivity contribution >= 4 is 23.2 Å². The maximum atomic E-state index is 12.8. The number of aryl methyl sites for hydroxylation is 1. The van der Waals surface area contributed by atoms with Crippen molar-refractivity contribution in [3.63, 3.8) is 0 Å². The van der Waals surface area contributed by atoms with Gasteiger partial charge in [-0.05, 0) is 19.1 Å². The first-order valence-corrected chi connectivity index (χ1v) is 11.5. The van der Waals surface area contributed by atoms with Gasteiger partial charge in [-0.25, -0.2) is 0 Å². The second-order valence-electron chi connectivity index (χ2n) is 8.66. The van der Waals surface area contributed by atoms with E-state index in [-0.39, 0.29) is 0 Å². The molecule has 0 spiro atoms. The molecule has 0 saturated carbocycles. The lowest BCUT2D eigenvalue weighted by Gasteiger charge is -2.37. The minimum atomic E-state index is 0.297. The van der Waals surface area contributed by atoms with E-state index in [1.54, 1.807) is 4.90 Å². The Morgan fingerprint density at radius 2 is 1.63 bits per heavy atom. The summed E-state index contributed by atoms with van der Waals surface area (Å²) in [5.74, 6) is 0.297. The van der Waals surface area contributed by atoms with E-state index in [1.165, 1.54) is 16.0 Å². The molecule has 2 aromatic carbocycles. The van der Waals surface area contributed by atoms with Gasteiger partial charge in [-0.1, -0.05) is 53.6 Å². The fourth-order valence-corrected chi connectivity index (χ4v) is 4.91. The van der Waals surface area contributed by atoms with E-state index in [2.05, 4.69) is 42.2 Å². The van der Waals surface area contributed by atoms with Crippen LogP contribution in [0.25, 0.3) is 0 Å². The van der Waals surface area contributed by atoms with E-state index in [0.717, 1.165) is 69.6 Å². The number of halogens is 1. The first-order valence-electron chi connectivity index (χ1n) is 11.1. The number of hydrogen-bond acceptors (Lipinski definition) is 2. The number of carbonyl (C=O) groups excluding carboxylic acids is 1. The summed E-state index contributed by atoms with van der Waals surface area (Å²) in [6, 6.07) is 16.8. The van der Waals surface area contributed by atoms with Crippen LogP contribution in [-0.4, -0.2) is 69.7 Å². The lowest BCUT2D eigenvalue weighted by molar-refractivity contribution is -1.02. The van der Waals surface area contributed by atoms with Gasteiger partial charge in [0.1, 0.15) is 32.7 Å². The Morgan fingerprint density at radius 3 is 2.33 bits per heavy atom. The molecule has 2 N–H and O–H groups in total. The molecule has 2 aliphatic heterocycles. The maximum absolute atomic E-state index is 12.8. The SMILES string of the molecule is Cc1cccc(C[NH+]2CC[NH+](CC(=O)N3CCN(c4ccccc4Cl)CC3)CC2)c1. The van der Waals surface area contributed by atoms with E-state index in [9.17, 15) is 4.79 Å². The Labute approximate surface area is 184 Å².